The summed E-state index contributed by atoms with van der Waals surface area (Å²) in [5.74, 6) is 0. The van der Waals surface area contributed by atoms with E-state index in [1.165, 1.54) is 6.42 Å². The molecule has 0 saturated heterocycles. The second-order valence-corrected chi connectivity index (χ2v) is 1.98. The van der Waals surface area contributed by atoms with E-state index in [1.807, 2.05) is 19.2 Å². The van der Waals surface area contributed by atoms with Gasteiger partial charge < -0.3 is 5.32 Å². The maximum atomic E-state index is 3.20. The van der Waals surface area contributed by atoms with Crippen LogP contribution in [0.5, 0.6) is 0 Å². The van der Waals surface area contributed by atoms with E-state index in [4.69, 9.17) is 0 Å². The minimum atomic E-state index is 0.617. The normalized spacial score (nSPS) is 14.4. The molecule has 1 N–H and O–H groups in total. The van der Waals surface area contributed by atoms with Gasteiger partial charge in [-0.1, -0.05) is 13.0 Å². The molecule has 0 aromatic carbocycles. The van der Waals surface area contributed by atoms with E-state index in [1.54, 1.807) is 0 Å². The molecule has 0 spiro atoms. The van der Waals surface area contributed by atoms with Crippen LogP contribution >= 0.6 is 0 Å². The zero-order chi connectivity index (χ0) is 6.41. The molecule has 0 aliphatic rings. The molecule has 0 radical (unpaired) electrons. The summed E-state index contributed by atoms with van der Waals surface area (Å²) in [6.45, 7) is 6.34. The first-order valence-electron chi connectivity index (χ1n) is 3.18. The molecule has 0 aromatic rings. The van der Waals surface area contributed by atoms with Crippen molar-refractivity contribution >= 4 is 0 Å². The van der Waals surface area contributed by atoms with Gasteiger partial charge in [0.05, 0.1) is 0 Å². The molecular weight excluding hydrogens is 98.1 g/mol. The monoisotopic (exact) mass is 113 g/mol. The van der Waals surface area contributed by atoms with E-state index in [0.29, 0.717) is 6.04 Å². The van der Waals surface area contributed by atoms with Crippen molar-refractivity contribution in [3.8, 4) is 0 Å². The highest BCUT2D eigenvalue weighted by Gasteiger charge is 1.88. The fourth-order valence-electron chi connectivity index (χ4n) is 0.378. The first kappa shape index (κ1) is 7.54. The minimum absolute atomic E-state index is 0.617. The Hall–Kier alpha value is -0.460. The lowest BCUT2D eigenvalue weighted by molar-refractivity contribution is 0.618. The Morgan fingerprint density at radius 3 is 2.62 bits per heavy atom. The van der Waals surface area contributed by atoms with Crippen molar-refractivity contribution in [1.82, 2.24) is 5.32 Å². The van der Waals surface area contributed by atoms with Crippen molar-refractivity contribution in [2.45, 2.75) is 33.2 Å². The van der Waals surface area contributed by atoms with Crippen LogP contribution in [0.3, 0.4) is 0 Å². The van der Waals surface area contributed by atoms with E-state index < -0.39 is 0 Å². The first-order valence-corrected chi connectivity index (χ1v) is 3.18. The van der Waals surface area contributed by atoms with Crippen LogP contribution in [0.4, 0.5) is 0 Å². The number of allylic oxidation sites excluding steroid dienone is 1. The second kappa shape index (κ2) is 4.69. The van der Waals surface area contributed by atoms with Crippen LogP contribution in [0.25, 0.3) is 0 Å². The lowest BCUT2D eigenvalue weighted by Gasteiger charge is -2.06. The van der Waals surface area contributed by atoms with Crippen molar-refractivity contribution in [3.63, 3.8) is 0 Å². The number of rotatable bonds is 3. The van der Waals surface area contributed by atoms with Gasteiger partial charge in [0.1, 0.15) is 0 Å². The number of hydrogen-bond donors (Lipinski definition) is 1. The van der Waals surface area contributed by atoms with Gasteiger partial charge in [-0.05, 0) is 26.5 Å². The summed E-state index contributed by atoms with van der Waals surface area (Å²) in [7, 11) is 0. The maximum absolute atomic E-state index is 3.20. The molecule has 1 heteroatoms. The lowest BCUT2D eigenvalue weighted by atomic mass is 10.3. The summed E-state index contributed by atoms with van der Waals surface area (Å²) >= 11 is 0. The van der Waals surface area contributed by atoms with Crippen LogP contribution in [0.2, 0.25) is 0 Å². The van der Waals surface area contributed by atoms with Crippen LogP contribution in [0.1, 0.15) is 27.2 Å². The van der Waals surface area contributed by atoms with Crippen molar-refractivity contribution in [2.75, 3.05) is 0 Å². The molecule has 1 unspecified atom stereocenters. The van der Waals surface area contributed by atoms with Gasteiger partial charge in [0.2, 0.25) is 0 Å². The lowest BCUT2D eigenvalue weighted by Crippen LogP contribution is -2.18. The highest BCUT2D eigenvalue weighted by atomic mass is 14.9. The molecule has 0 aliphatic carbocycles. The van der Waals surface area contributed by atoms with Crippen molar-refractivity contribution in [1.29, 1.82) is 0 Å². The predicted octanol–water partition coefficient (Wildman–Crippen LogP) is 1.91. The Labute approximate surface area is 51.8 Å². The van der Waals surface area contributed by atoms with Crippen LogP contribution in [-0.4, -0.2) is 6.04 Å². The molecule has 0 bridgehead atoms. The van der Waals surface area contributed by atoms with E-state index in [0.717, 1.165) is 0 Å². The Balaban J connectivity index is 3.10. The van der Waals surface area contributed by atoms with Gasteiger partial charge in [0.15, 0.2) is 0 Å². The maximum Gasteiger partial charge on any atom is 0.0224 e. The molecule has 0 aromatic heterocycles. The van der Waals surface area contributed by atoms with Gasteiger partial charge in [-0.3, -0.25) is 0 Å². The standard InChI is InChI=1S/C7H15N/c1-4-6-8-7(3)5-2/h4,6-8H,5H2,1-3H3/b6-4-. The largest absolute Gasteiger partial charge is 0.389 e. The van der Waals surface area contributed by atoms with Crippen LogP contribution in [0.15, 0.2) is 12.3 Å². The third-order valence-corrected chi connectivity index (χ3v) is 1.16. The van der Waals surface area contributed by atoms with Crippen molar-refractivity contribution in [3.05, 3.63) is 12.3 Å². The fraction of sp³-hybridized carbons (Fsp3) is 0.714. The molecule has 1 atom stereocenters. The van der Waals surface area contributed by atoms with E-state index in [2.05, 4.69) is 19.2 Å². The van der Waals surface area contributed by atoms with Gasteiger partial charge in [-0.15, -0.1) is 0 Å². The van der Waals surface area contributed by atoms with E-state index in [9.17, 15) is 0 Å². The third-order valence-electron chi connectivity index (χ3n) is 1.16. The molecule has 0 amide bonds. The van der Waals surface area contributed by atoms with Crippen molar-refractivity contribution in [2.24, 2.45) is 0 Å². The molecule has 0 aliphatic heterocycles. The Kier molecular flexibility index (Phi) is 4.42. The van der Waals surface area contributed by atoms with E-state index in [-0.39, 0.29) is 0 Å². The van der Waals surface area contributed by atoms with Crippen LogP contribution in [0, 0.1) is 0 Å². The Bertz CT molecular complexity index is 66.8. The second-order valence-electron chi connectivity index (χ2n) is 1.98. The zero-order valence-electron chi connectivity index (χ0n) is 5.94. The topological polar surface area (TPSA) is 12.0 Å². The third kappa shape index (κ3) is 3.72. The Morgan fingerprint density at radius 2 is 2.25 bits per heavy atom. The summed E-state index contributed by atoms with van der Waals surface area (Å²) in [6, 6.07) is 0.617. The predicted molar refractivity (Wildman–Crippen MR) is 37.7 cm³/mol. The SMILES string of the molecule is C/C=C\NC(C)CC. The zero-order valence-corrected chi connectivity index (χ0v) is 5.94. The quantitative estimate of drug-likeness (QED) is 0.589. The van der Waals surface area contributed by atoms with Gasteiger partial charge in [-0.25, -0.2) is 0 Å². The summed E-state index contributed by atoms with van der Waals surface area (Å²) in [6.07, 6.45) is 5.17. The average Bonchev–Trinajstić information content (AvgIpc) is 1.83. The molecule has 0 heterocycles. The highest BCUT2D eigenvalue weighted by molar-refractivity contribution is 4.76. The van der Waals surface area contributed by atoms with E-state index >= 15 is 0 Å². The van der Waals surface area contributed by atoms with Crippen LogP contribution < -0.4 is 5.32 Å². The summed E-state index contributed by atoms with van der Waals surface area (Å²) in [5, 5.41) is 3.20. The summed E-state index contributed by atoms with van der Waals surface area (Å²) in [4.78, 5) is 0. The first-order chi connectivity index (χ1) is 3.81. The van der Waals surface area contributed by atoms with Crippen molar-refractivity contribution < 1.29 is 0 Å². The van der Waals surface area contributed by atoms with Gasteiger partial charge in [0, 0.05) is 6.04 Å². The molecule has 0 rings (SSSR count). The molecule has 48 valence electrons. The molecule has 0 saturated carbocycles. The number of nitrogens with one attached hydrogen (secondary N) is 1. The summed E-state index contributed by atoms with van der Waals surface area (Å²) < 4.78 is 0. The molecule has 0 fully saturated rings. The smallest absolute Gasteiger partial charge is 0.0224 e. The van der Waals surface area contributed by atoms with Gasteiger partial charge >= 0.3 is 0 Å². The highest BCUT2D eigenvalue weighted by Crippen LogP contribution is 1.85. The minimum Gasteiger partial charge on any atom is -0.389 e. The summed E-state index contributed by atoms with van der Waals surface area (Å²) in [5.41, 5.74) is 0. The molecule has 8 heavy (non-hydrogen) atoms. The van der Waals surface area contributed by atoms with Gasteiger partial charge in [-0.2, -0.15) is 0 Å². The Morgan fingerprint density at radius 1 is 1.62 bits per heavy atom. The molecular formula is C7H15N. The van der Waals surface area contributed by atoms with Gasteiger partial charge in [0.25, 0.3) is 0 Å². The average molecular weight is 113 g/mol. The fourth-order valence-corrected chi connectivity index (χ4v) is 0.378. The number of hydrogen-bond acceptors (Lipinski definition) is 1. The van der Waals surface area contributed by atoms with Crippen LogP contribution in [-0.2, 0) is 0 Å². The molecule has 1 nitrogen and oxygen atoms in total.